The first-order valence-corrected chi connectivity index (χ1v) is 6.34. The Morgan fingerprint density at radius 1 is 1.31 bits per heavy atom. The Bertz CT molecular complexity index is 406. The van der Waals surface area contributed by atoms with Gasteiger partial charge in [0.25, 0.3) is 0 Å². The molecule has 2 rings (SSSR count). The molecule has 1 aliphatic rings. The van der Waals surface area contributed by atoms with Gasteiger partial charge in [0.05, 0.1) is 6.10 Å². The molecule has 0 N–H and O–H groups in total. The molecule has 1 aromatic heterocycles. The van der Waals surface area contributed by atoms with Gasteiger partial charge >= 0.3 is 0 Å². The summed E-state index contributed by atoms with van der Waals surface area (Å²) < 4.78 is 5.65. The van der Waals surface area contributed by atoms with Crippen molar-refractivity contribution in [3.63, 3.8) is 0 Å². The molecule has 0 radical (unpaired) electrons. The van der Waals surface area contributed by atoms with Gasteiger partial charge in [-0.05, 0) is 43.4 Å². The van der Waals surface area contributed by atoms with Crippen LogP contribution in [0.3, 0.4) is 0 Å². The number of pyridine rings is 1. The zero-order valence-corrected chi connectivity index (χ0v) is 11.0. The van der Waals surface area contributed by atoms with Crippen molar-refractivity contribution in [3.8, 4) is 0 Å². The molecule has 0 amide bonds. The Labute approximate surface area is 106 Å². The van der Waals surface area contributed by atoms with Crippen molar-refractivity contribution in [3.05, 3.63) is 27.0 Å². The van der Waals surface area contributed by atoms with Crippen LogP contribution in [0.15, 0.2) is 0 Å². The van der Waals surface area contributed by atoms with Gasteiger partial charge in [-0.3, -0.25) is 0 Å². The molecule has 0 saturated carbocycles. The monoisotopic (exact) mass is 259 g/mol. The normalized spacial score (nSPS) is 19.6. The van der Waals surface area contributed by atoms with Gasteiger partial charge in [-0.25, -0.2) is 4.98 Å². The lowest BCUT2D eigenvalue weighted by atomic mass is 9.88. The van der Waals surface area contributed by atoms with Gasteiger partial charge in [0.15, 0.2) is 0 Å². The SMILES string of the molecule is CCOC1CCc2c(C)c(Cl)nc(Cl)c2C1. The first-order valence-electron chi connectivity index (χ1n) is 5.58. The fraction of sp³-hybridized carbons (Fsp3) is 0.583. The summed E-state index contributed by atoms with van der Waals surface area (Å²) in [5.41, 5.74) is 3.45. The van der Waals surface area contributed by atoms with Crippen molar-refractivity contribution in [1.82, 2.24) is 4.98 Å². The van der Waals surface area contributed by atoms with E-state index < -0.39 is 0 Å². The second-order valence-corrected chi connectivity index (χ2v) is 4.81. The first kappa shape index (κ1) is 12.2. The topological polar surface area (TPSA) is 22.1 Å². The van der Waals surface area contributed by atoms with Crippen molar-refractivity contribution in [2.45, 2.75) is 39.2 Å². The van der Waals surface area contributed by atoms with E-state index >= 15 is 0 Å². The molecule has 88 valence electrons. The summed E-state index contributed by atoms with van der Waals surface area (Å²) in [6.07, 6.45) is 3.15. The predicted molar refractivity (Wildman–Crippen MR) is 66.4 cm³/mol. The molecule has 4 heteroatoms. The third kappa shape index (κ3) is 2.20. The number of aromatic nitrogens is 1. The molecule has 1 unspecified atom stereocenters. The highest BCUT2D eigenvalue weighted by atomic mass is 35.5. The van der Waals surface area contributed by atoms with Crippen LogP contribution in [0.25, 0.3) is 0 Å². The van der Waals surface area contributed by atoms with Crippen LogP contribution in [0, 0.1) is 6.92 Å². The van der Waals surface area contributed by atoms with Crippen LogP contribution in [0.2, 0.25) is 10.3 Å². The predicted octanol–water partition coefficient (Wildman–Crippen LogP) is 3.59. The Morgan fingerprint density at radius 3 is 2.75 bits per heavy atom. The summed E-state index contributed by atoms with van der Waals surface area (Å²) in [5, 5.41) is 1.06. The van der Waals surface area contributed by atoms with E-state index in [-0.39, 0.29) is 6.10 Å². The van der Waals surface area contributed by atoms with Crippen LogP contribution in [0.4, 0.5) is 0 Å². The van der Waals surface area contributed by atoms with Gasteiger partial charge in [-0.15, -0.1) is 0 Å². The lowest BCUT2D eigenvalue weighted by Gasteiger charge is -2.26. The number of halogens is 2. The molecule has 0 fully saturated rings. The number of hydrogen-bond acceptors (Lipinski definition) is 2. The van der Waals surface area contributed by atoms with Crippen molar-refractivity contribution in [2.24, 2.45) is 0 Å². The van der Waals surface area contributed by atoms with Crippen molar-refractivity contribution in [1.29, 1.82) is 0 Å². The number of ether oxygens (including phenoxy) is 1. The van der Waals surface area contributed by atoms with E-state index in [1.54, 1.807) is 0 Å². The molecular formula is C12H15Cl2NO. The van der Waals surface area contributed by atoms with E-state index in [1.807, 2.05) is 13.8 Å². The van der Waals surface area contributed by atoms with Crippen LogP contribution in [-0.2, 0) is 17.6 Å². The summed E-state index contributed by atoms with van der Waals surface area (Å²) in [7, 11) is 0. The maximum atomic E-state index is 6.13. The van der Waals surface area contributed by atoms with Crippen LogP contribution in [0.5, 0.6) is 0 Å². The zero-order valence-electron chi connectivity index (χ0n) is 9.52. The standard InChI is InChI=1S/C12H15Cl2NO/c1-3-16-8-4-5-9-7(2)11(13)15-12(14)10(9)6-8/h8H,3-6H2,1-2H3. The van der Waals surface area contributed by atoms with Gasteiger partial charge in [0.2, 0.25) is 0 Å². The van der Waals surface area contributed by atoms with Gasteiger partial charge in [0, 0.05) is 13.0 Å². The summed E-state index contributed by atoms with van der Waals surface area (Å²) in [6, 6.07) is 0. The Morgan fingerprint density at radius 2 is 2.06 bits per heavy atom. The Kier molecular flexibility index (Phi) is 3.73. The second kappa shape index (κ2) is 4.91. The summed E-state index contributed by atoms with van der Waals surface area (Å²) >= 11 is 12.2. The smallest absolute Gasteiger partial charge is 0.134 e. The molecule has 1 aliphatic carbocycles. The largest absolute Gasteiger partial charge is 0.378 e. The molecule has 0 aromatic carbocycles. The Hall–Kier alpha value is -0.310. The van der Waals surface area contributed by atoms with E-state index in [1.165, 1.54) is 5.56 Å². The average Bonchev–Trinajstić information content (AvgIpc) is 2.27. The minimum Gasteiger partial charge on any atom is -0.378 e. The van der Waals surface area contributed by atoms with E-state index in [2.05, 4.69) is 4.98 Å². The lowest BCUT2D eigenvalue weighted by molar-refractivity contribution is 0.0533. The van der Waals surface area contributed by atoms with E-state index in [4.69, 9.17) is 27.9 Å². The molecule has 0 saturated heterocycles. The molecule has 16 heavy (non-hydrogen) atoms. The zero-order chi connectivity index (χ0) is 11.7. The van der Waals surface area contributed by atoms with E-state index in [9.17, 15) is 0 Å². The molecule has 1 heterocycles. The third-order valence-corrected chi connectivity index (χ3v) is 3.80. The highest BCUT2D eigenvalue weighted by Crippen LogP contribution is 2.33. The van der Waals surface area contributed by atoms with Crippen LogP contribution >= 0.6 is 23.2 Å². The maximum Gasteiger partial charge on any atom is 0.134 e. The number of fused-ring (bicyclic) bond motifs is 1. The van der Waals surface area contributed by atoms with Gasteiger partial charge in [0.1, 0.15) is 10.3 Å². The van der Waals surface area contributed by atoms with Gasteiger partial charge < -0.3 is 4.74 Å². The second-order valence-electron chi connectivity index (χ2n) is 4.10. The summed E-state index contributed by atoms with van der Waals surface area (Å²) in [4.78, 5) is 4.16. The quantitative estimate of drug-likeness (QED) is 0.758. The molecule has 0 aliphatic heterocycles. The van der Waals surface area contributed by atoms with Crippen molar-refractivity contribution < 1.29 is 4.74 Å². The number of nitrogens with zero attached hydrogens (tertiary/aromatic N) is 1. The molecule has 1 atom stereocenters. The number of hydrogen-bond donors (Lipinski definition) is 0. The molecule has 0 bridgehead atoms. The van der Waals surface area contributed by atoms with Gasteiger partial charge in [-0.1, -0.05) is 23.2 Å². The molecule has 2 nitrogen and oxygen atoms in total. The summed E-state index contributed by atoms with van der Waals surface area (Å²) in [5.74, 6) is 0. The van der Waals surface area contributed by atoms with Crippen molar-refractivity contribution in [2.75, 3.05) is 6.61 Å². The third-order valence-electron chi connectivity index (χ3n) is 3.12. The van der Waals surface area contributed by atoms with Crippen molar-refractivity contribution >= 4 is 23.2 Å². The fourth-order valence-electron chi connectivity index (χ4n) is 2.27. The fourth-order valence-corrected chi connectivity index (χ4v) is 2.79. The van der Waals surface area contributed by atoms with E-state index in [0.29, 0.717) is 10.3 Å². The minimum atomic E-state index is 0.275. The maximum absolute atomic E-state index is 6.13. The van der Waals surface area contributed by atoms with E-state index in [0.717, 1.165) is 37.0 Å². The molecule has 1 aromatic rings. The Balaban J connectivity index is 2.35. The number of rotatable bonds is 2. The van der Waals surface area contributed by atoms with Gasteiger partial charge in [-0.2, -0.15) is 0 Å². The minimum absolute atomic E-state index is 0.275. The molecule has 0 spiro atoms. The highest BCUT2D eigenvalue weighted by molar-refractivity contribution is 6.33. The summed E-state index contributed by atoms with van der Waals surface area (Å²) in [6.45, 7) is 4.77. The average molecular weight is 260 g/mol. The van der Waals surface area contributed by atoms with Crippen LogP contribution in [-0.4, -0.2) is 17.7 Å². The lowest BCUT2D eigenvalue weighted by Crippen LogP contribution is -2.24. The molecular weight excluding hydrogens is 245 g/mol. The highest BCUT2D eigenvalue weighted by Gasteiger charge is 2.24. The van der Waals surface area contributed by atoms with Crippen LogP contribution < -0.4 is 0 Å². The first-order chi connectivity index (χ1) is 7.63. The van der Waals surface area contributed by atoms with Crippen LogP contribution in [0.1, 0.15) is 30.0 Å².